The summed E-state index contributed by atoms with van der Waals surface area (Å²) < 4.78 is 16.5. The highest BCUT2D eigenvalue weighted by Gasteiger charge is 2.46. The zero-order valence-corrected chi connectivity index (χ0v) is 60.5. The number of nitrogens with zero attached hydrogens (tertiary/aromatic N) is 6. The number of rotatable bonds is 40. The van der Waals surface area contributed by atoms with Crippen LogP contribution in [-0.4, -0.2) is 243 Å². The average Bonchev–Trinajstić information content (AvgIpc) is 0.811. The number of nitrogens with one attached hydrogen (secondary N) is 5. The van der Waals surface area contributed by atoms with Crippen molar-refractivity contribution in [1.29, 1.82) is 0 Å². The second-order valence-corrected chi connectivity index (χ2v) is 26.6. The van der Waals surface area contributed by atoms with Crippen LogP contribution in [-0.2, 0) is 71.7 Å². The van der Waals surface area contributed by atoms with E-state index in [2.05, 4.69) is 26.6 Å². The van der Waals surface area contributed by atoms with Crippen LogP contribution in [0.3, 0.4) is 0 Å². The third kappa shape index (κ3) is 26.4. The maximum atomic E-state index is 15.2. The zero-order valence-electron chi connectivity index (χ0n) is 60.5. The third-order valence-corrected chi connectivity index (χ3v) is 16.5. The molecule has 0 aromatic rings. The summed E-state index contributed by atoms with van der Waals surface area (Å²) in [6.07, 6.45) is 3.19. The minimum absolute atomic E-state index is 0.0701. The van der Waals surface area contributed by atoms with Crippen molar-refractivity contribution in [2.75, 3.05) is 76.2 Å². The van der Waals surface area contributed by atoms with E-state index in [1.807, 2.05) is 54.5 Å². The fourth-order valence-corrected chi connectivity index (χ4v) is 10.9. The van der Waals surface area contributed by atoms with Crippen molar-refractivity contribution in [2.45, 2.75) is 223 Å². The van der Waals surface area contributed by atoms with Crippen LogP contribution in [0.5, 0.6) is 0 Å². The molecule has 26 heteroatoms. The molecule has 0 aliphatic rings. The summed E-state index contributed by atoms with van der Waals surface area (Å²) in [6, 6.07) is -11.6. The highest BCUT2D eigenvalue weighted by Crippen LogP contribution is 2.27. The van der Waals surface area contributed by atoms with Gasteiger partial charge in [-0.15, -0.1) is 0 Å². The van der Waals surface area contributed by atoms with E-state index in [9.17, 15) is 43.2 Å². The van der Waals surface area contributed by atoms with E-state index in [0.29, 0.717) is 13.0 Å². The van der Waals surface area contributed by atoms with Gasteiger partial charge in [0.2, 0.25) is 59.1 Å². The van der Waals surface area contributed by atoms with Crippen molar-refractivity contribution in [1.82, 2.24) is 56.0 Å². The monoisotopic (exact) mass is 1310 g/mol. The predicted octanol–water partition coefficient (Wildman–Crippen LogP) is 3.39. The van der Waals surface area contributed by atoms with E-state index >= 15 is 14.4 Å². The standard InChI is InChI=1S/C66H119N11O15/c1-27-29-30-42(13)56(92-47(18)79)55(60(83)70-48(28-2)66(89)91-32-31-72(20)46(17)78)77(25)65(88)54(41(11)12)76(24)63(86)51(35-39(7)8)75(23)62(85)50(34-38(5)6)74(22)61(84)45(16)69-57(80)44(15)68-58(81)49(33-37(3)4)73(21)64(87)52(40(9)10)71-59(82)53(67-19)43(14)36-90-26/h27,29,37-45,48-56,67H,28,30-36H2,1-26H3,(H,68,81)(H,69,80)(H,70,83)(H,71,82)/b29-27+/t42-,43+,44+,45-,48+,49+,50+,51+,52+,53+,54+,55+,56-/m1/s1. The maximum Gasteiger partial charge on any atom is 0.328 e. The molecule has 0 spiro atoms. The van der Waals surface area contributed by atoms with Crippen molar-refractivity contribution in [3.05, 3.63) is 12.2 Å². The van der Waals surface area contributed by atoms with Gasteiger partial charge in [0.25, 0.3) is 0 Å². The molecular formula is C66H119N11O15. The Bertz CT molecular complexity index is 2470. The fraction of sp³-hybridized carbons (Fsp3) is 0.788. The molecule has 0 heterocycles. The Hall–Kier alpha value is -6.70. The normalized spacial score (nSPS) is 15.9. The SMILES string of the molecule is C/C=C/C[C@@H](C)[C@@H](OC(C)=O)[C@@H](C(=O)N[C@@H](CC)C(=O)OCCN(C)C(C)=O)N(C)C(=O)[C@H](C(C)C)N(C)C(=O)[C@H](CC(C)C)N(C)C(=O)[C@H](CC(C)C)N(C)C(=O)[C@@H](C)NC(=O)[C@H](C)NC(=O)[C@H](CC(C)C)N(C)C(=O)[C@@H](NC(=O)[C@@H](NC)[C@@H](C)COC)C(C)C. The molecule has 10 amide bonds. The number of amides is 10. The molecule has 0 bridgehead atoms. The number of methoxy groups -OCH3 is 1. The van der Waals surface area contributed by atoms with Crippen LogP contribution in [0.2, 0.25) is 0 Å². The van der Waals surface area contributed by atoms with Gasteiger partial charge in [0.1, 0.15) is 67.1 Å². The number of esters is 2. The third-order valence-electron chi connectivity index (χ3n) is 16.5. The van der Waals surface area contributed by atoms with Gasteiger partial charge in [0, 0.05) is 69.2 Å². The molecule has 0 unspecified atom stereocenters. The highest BCUT2D eigenvalue weighted by molar-refractivity contribution is 5.98. The van der Waals surface area contributed by atoms with E-state index < -0.39 is 143 Å². The molecule has 13 atom stereocenters. The van der Waals surface area contributed by atoms with Crippen LogP contribution in [0, 0.1) is 41.4 Å². The lowest BCUT2D eigenvalue weighted by atomic mass is 9.91. The molecule has 0 radical (unpaired) electrons. The van der Waals surface area contributed by atoms with E-state index in [4.69, 9.17) is 14.2 Å². The second kappa shape index (κ2) is 41.1. The molecule has 0 saturated carbocycles. The first-order valence-electron chi connectivity index (χ1n) is 32.5. The van der Waals surface area contributed by atoms with Crippen LogP contribution in [0.15, 0.2) is 12.2 Å². The van der Waals surface area contributed by atoms with Crippen molar-refractivity contribution >= 4 is 71.0 Å². The van der Waals surface area contributed by atoms with Crippen molar-refractivity contribution in [2.24, 2.45) is 41.4 Å². The molecule has 92 heavy (non-hydrogen) atoms. The Morgan fingerprint density at radius 2 is 0.978 bits per heavy atom. The second-order valence-electron chi connectivity index (χ2n) is 26.6. The Morgan fingerprint density at radius 1 is 0.500 bits per heavy atom. The molecule has 5 N–H and O–H groups in total. The number of carbonyl (C=O) groups is 12. The molecule has 0 aliphatic carbocycles. The summed E-state index contributed by atoms with van der Waals surface area (Å²) in [5.41, 5.74) is 0. The van der Waals surface area contributed by atoms with Gasteiger partial charge in [-0.1, -0.05) is 102 Å². The molecule has 528 valence electrons. The summed E-state index contributed by atoms with van der Waals surface area (Å²) >= 11 is 0. The van der Waals surface area contributed by atoms with E-state index in [0.717, 1.165) is 4.90 Å². The Kier molecular flexibility index (Phi) is 38.1. The molecule has 0 aromatic heterocycles. The van der Waals surface area contributed by atoms with E-state index in [1.165, 1.54) is 94.5 Å². The average molecular weight is 1310 g/mol. The lowest BCUT2D eigenvalue weighted by Gasteiger charge is -2.42. The van der Waals surface area contributed by atoms with Crippen LogP contribution < -0.4 is 26.6 Å². The number of likely N-dealkylation sites (N-methyl/N-ethyl adjacent to an activating group) is 7. The van der Waals surface area contributed by atoms with Gasteiger partial charge >= 0.3 is 11.9 Å². The highest BCUT2D eigenvalue weighted by atomic mass is 16.5. The fourth-order valence-electron chi connectivity index (χ4n) is 10.9. The summed E-state index contributed by atoms with van der Waals surface area (Å²) in [5, 5.41) is 13.9. The minimum atomic E-state index is -1.55. The number of hydrogen-bond donors (Lipinski definition) is 5. The molecule has 0 rings (SSSR count). The lowest BCUT2D eigenvalue weighted by Crippen LogP contribution is -2.63. The number of hydrogen-bond acceptors (Lipinski definition) is 16. The predicted molar refractivity (Wildman–Crippen MR) is 352 cm³/mol. The number of carbonyl (C=O) groups excluding carboxylic acids is 12. The van der Waals surface area contributed by atoms with Gasteiger partial charge in [-0.3, -0.25) is 52.7 Å². The number of allylic oxidation sites excluding steroid dienone is 2. The maximum absolute atomic E-state index is 15.2. The molecular weight excluding hydrogens is 1190 g/mol. The van der Waals surface area contributed by atoms with Crippen LogP contribution >= 0.6 is 0 Å². The number of ether oxygens (including phenoxy) is 3. The van der Waals surface area contributed by atoms with Crippen LogP contribution in [0.1, 0.15) is 157 Å². The van der Waals surface area contributed by atoms with Gasteiger partial charge in [-0.05, 0) is 95.4 Å². The molecule has 0 fully saturated rings. The minimum Gasteiger partial charge on any atom is -0.462 e. The summed E-state index contributed by atoms with van der Waals surface area (Å²) in [7, 11) is 11.9. The quantitative estimate of drug-likeness (QED) is 0.0434. The largest absolute Gasteiger partial charge is 0.462 e. The summed E-state index contributed by atoms with van der Waals surface area (Å²) in [6.45, 7) is 30.9. The Balaban J connectivity index is 7.14. The van der Waals surface area contributed by atoms with Crippen molar-refractivity contribution in [3.8, 4) is 0 Å². The topological polar surface area (TPSA) is 312 Å². The molecule has 0 aromatic carbocycles. The van der Waals surface area contributed by atoms with Gasteiger partial charge in [-0.25, -0.2) is 4.79 Å². The molecule has 0 saturated heterocycles. The van der Waals surface area contributed by atoms with E-state index in [-0.39, 0.29) is 74.3 Å². The van der Waals surface area contributed by atoms with E-state index in [1.54, 1.807) is 68.6 Å². The van der Waals surface area contributed by atoms with Crippen molar-refractivity contribution < 1.29 is 71.7 Å². The Labute approximate surface area is 549 Å². The van der Waals surface area contributed by atoms with Crippen LogP contribution in [0.4, 0.5) is 0 Å². The van der Waals surface area contributed by atoms with Gasteiger partial charge in [0.15, 0.2) is 0 Å². The summed E-state index contributed by atoms with van der Waals surface area (Å²) in [4.78, 5) is 176. The molecule has 26 nitrogen and oxygen atoms in total. The summed E-state index contributed by atoms with van der Waals surface area (Å²) in [5.74, 6) is -9.73. The lowest BCUT2D eigenvalue weighted by molar-refractivity contribution is -0.164. The smallest absolute Gasteiger partial charge is 0.328 e. The van der Waals surface area contributed by atoms with Crippen LogP contribution in [0.25, 0.3) is 0 Å². The first-order valence-corrected chi connectivity index (χ1v) is 32.5. The van der Waals surface area contributed by atoms with Gasteiger partial charge < -0.3 is 70.2 Å². The van der Waals surface area contributed by atoms with Gasteiger partial charge in [-0.2, -0.15) is 0 Å². The molecule has 0 aliphatic heterocycles. The Morgan fingerprint density at radius 3 is 1.42 bits per heavy atom. The van der Waals surface area contributed by atoms with Gasteiger partial charge in [0.05, 0.1) is 19.2 Å². The van der Waals surface area contributed by atoms with Crippen molar-refractivity contribution in [3.63, 3.8) is 0 Å². The first-order chi connectivity index (χ1) is 42.6. The zero-order chi connectivity index (χ0) is 71.5. The first kappa shape index (κ1) is 85.3.